The molecule has 0 bridgehead atoms. The van der Waals surface area contributed by atoms with Crippen LogP contribution >= 0.6 is 0 Å². The van der Waals surface area contributed by atoms with Crippen molar-refractivity contribution in [1.82, 2.24) is 4.90 Å². The Labute approximate surface area is 187 Å². The van der Waals surface area contributed by atoms with Gasteiger partial charge in [-0.1, -0.05) is 48.0 Å². The Morgan fingerprint density at radius 2 is 1.69 bits per heavy atom. The van der Waals surface area contributed by atoms with Gasteiger partial charge in [-0.3, -0.25) is 14.4 Å². The van der Waals surface area contributed by atoms with Crippen LogP contribution in [0.5, 0.6) is 0 Å². The second-order valence-electron chi connectivity index (χ2n) is 7.46. The van der Waals surface area contributed by atoms with Crippen molar-refractivity contribution >= 4 is 23.5 Å². The summed E-state index contributed by atoms with van der Waals surface area (Å²) in [4.78, 5) is 37.5. The summed E-state index contributed by atoms with van der Waals surface area (Å²) in [7, 11) is 1.48. The summed E-state index contributed by atoms with van der Waals surface area (Å²) in [6, 6.07) is 20.7. The fraction of sp³-hybridized carbons (Fsp3) is 0.240. The van der Waals surface area contributed by atoms with Gasteiger partial charge in [0.15, 0.2) is 6.61 Å². The quantitative estimate of drug-likeness (QED) is 0.517. The largest absolute Gasteiger partial charge is 0.461 e. The lowest BCUT2D eigenvalue weighted by molar-refractivity contribution is -0.151. The van der Waals surface area contributed by atoms with E-state index in [1.165, 1.54) is 11.9 Å². The summed E-state index contributed by atoms with van der Waals surface area (Å²) >= 11 is 0. The van der Waals surface area contributed by atoms with E-state index in [4.69, 9.17) is 9.15 Å². The number of amides is 2. The Kier molecular flexibility index (Phi) is 7.80. The van der Waals surface area contributed by atoms with Crippen molar-refractivity contribution in [3.8, 4) is 11.3 Å². The van der Waals surface area contributed by atoms with E-state index >= 15 is 0 Å². The summed E-state index contributed by atoms with van der Waals surface area (Å²) < 4.78 is 10.8. The molecule has 7 heteroatoms. The number of anilines is 1. The Balaban J connectivity index is 1.37. The summed E-state index contributed by atoms with van der Waals surface area (Å²) in [5.74, 6) is 0.102. The fourth-order valence-corrected chi connectivity index (χ4v) is 2.96. The molecular weight excluding hydrogens is 408 g/mol. The van der Waals surface area contributed by atoms with Gasteiger partial charge >= 0.3 is 5.97 Å². The van der Waals surface area contributed by atoms with Gasteiger partial charge in [0.2, 0.25) is 5.91 Å². The van der Waals surface area contributed by atoms with E-state index in [1.807, 2.05) is 61.5 Å². The predicted molar refractivity (Wildman–Crippen MR) is 121 cm³/mol. The molecule has 0 atom stereocenters. The summed E-state index contributed by atoms with van der Waals surface area (Å²) in [6.45, 7) is 1.40. The monoisotopic (exact) mass is 434 g/mol. The number of furan rings is 1. The number of nitrogens with zero attached hydrogens (tertiary/aromatic N) is 1. The minimum Gasteiger partial charge on any atom is -0.461 e. The highest BCUT2D eigenvalue weighted by Crippen LogP contribution is 2.22. The standard InChI is InChI=1S/C25H26N2O5/c1-18-8-10-20(11-9-18)26-23(28)16-27(2)24(29)17-31-25(30)15-13-21-12-14-22(32-21)19-6-4-3-5-7-19/h3-12,14H,13,15-17H2,1-2H3,(H,26,28). The third kappa shape index (κ3) is 6.84. The predicted octanol–water partition coefficient (Wildman–Crippen LogP) is 3.83. The van der Waals surface area contributed by atoms with Crippen molar-refractivity contribution in [2.75, 3.05) is 25.5 Å². The van der Waals surface area contributed by atoms with E-state index in [0.717, 1.165) is 16.9 Å². The van der Waals surface area contributed by atoms with Gasteiger partial charge in [0.05, 0.1) is 13.0 Å². The van der Waals surface area contributed by atoms with E-state index in [1.54, 1.807) is 12.1 Å². The summed E-state index contributed by atoms with van der Waals surface area (Å²) in [5.41, 5.74) is 2.70. The number of esters is 1. The number of likely N-dealkylation sites (N-methyl/N-ethyl adjacent to an activating group) is 1. The Morgan fingerprint density at radius 1 is 0.969 bits per heavy atom. The van der Waals surface area contributed by atoms with Crippen LogP contribution in [0.25, 0.3) is 11.3 Å². The van der Waals surface area contributed by atoms with E-state index in [-0.39, 0.29) is 18.9 Å². The number of carbonyl (C=O) groups is 3. The number of benzene rings is 2. The molecule has 1 aromatic heterocycles. The molecule has 32 heavy (non-hydrogen) atoms. The molecule has 0 saturated carbocycles. The average Bonchev–Trinajstić information content (AvgIpc) is 3.27. The van der Waals surface area contributed by atoms with Crippen LogP contribution in [0.2, 0.25) is 0 Å². The molecule has 2 aromatic carbocycles. The van der Waals surface area contributed by atoms with Crippen LogP contribution < -0.4 is 5.32 Å². The molecule has 0 aliphatic heterocycles. The van der Waals surface area contributed by atoms with Crippen LogP contribution in [0.15, 0.2) is 71.1 Å². The number of aryl methyl sites for hydroxylation is 2. The minimum atomic E-state index is -0.506. The number of carbonyl (C=O) groups excluding carboxylic acids is 3. The number of rotatable bonds is 9. The molecule has 3 aromatic rings. The zero-order chi connectivity index (χ0) is 22.9. The SMILES string of the molecule is Cc1ccc(NC(=O)CN(C)C(=O)COC(=O)CCc2ccc(-c3ccccc3)o2)cc1. The van der Waals surface area contributed by atoms with Crippen molar-refractivity contribution < 1.29 is 23.5 Å². The van der Waals surface area contributed by atoms with Gasteiger partial charge in [0, 0.05) is 24.7 Å². The maximum absolute atomic E-state index is 12.2. The highest BCUT2D eigenvalue weighted by molar-refractivity contribution is 5.94. The third-order valence-corrected chi connectivity index (χ3v) is 4.79. The zero-order valence-electron chi connectivity index (χ0n) is 18.2. The molecule has 7 nitrogen and oxygen atoms in total. The first-order chi connectivity index (χ1) is 15.4. The molecule has 3 rings (SSSR count). The van der Waals surface area contributed by atoms with Gasteiger partial charge in [0.1, 0.15) is 11.5 Å². The number of ether oxygens (including phenoxy) is 1. The van der Waals surface area contributed by atoms with Crippen LogP contribution in [0.1, 0.15) is 17.7 Å². The molecule has 166 valence electrons. The normalized spacial score (nSPS) is 10.4. The van der Waals surface area contributed by atoms with Crippen LogP contribution in [0.3, 0.4) is 0 Å². The van der Waals surface area contributed by atoms with Crippen molar-refractivity contribution in [2.24, 2.45) is 0 Å². The molecule has 0 radical (unpaired) electrons. The topological polar surface area (TPSA) is 88.9 Å². The molecule has 0 aliphatic rings. The van der Waals surface area contributed by atoms with Crippen molar-refractivity contribution in [1.29, 1.82) is 0 Å². The molecule has 2 amide bonds. The van der Waals surface area contributed by atoms with E-state index in [2.05, 4.69) is 5.32 Å². The lowest BCUT2D eigenvalue weighted by Crippen LogP contribution is -2.37. The fourth-order valence-electron chi connectivity index (χ4n) is 2.96. The van der Waals surface area contributed by atoms with Crippen LogP contribution in [-0.4, -0.2) is 42.9 Å². The Hall–Kier alpha value is -3.87. The number of hydrogen-bond donors (Lipinski definition) is 1. The van der Waals surface area contributed by atoms with Gasteiger partial charge in [-0.2, -0.15) is 0 Å². The van der Waals surface area contributed by atoms with Crippen molar-refractivity contribution in [3.63, 3.8) is 0 Å². The lowest BCUT2D eigenvalue weighted by atomic mass is 10.2. The molecule has 0 aliphatic carbocycles. The second-order valence-corrected chi connectivity index (χ2v) is 7.46. The molecule has 1 N–H and O–H groups in total. The smallest absolute Gasteiger partial charge is 0.306 e. The number of nitrogens with one attached hydrogen (secondary N) is 1. The first-order valence-electron chi connectivity index (χ1n) is 10.3. The van der Waals surface area contributed by atoms with Gasteiger partial charge in [0.25, 0.3) is 5.91 Å². The molecule has 1 heterocycles. The first-order valence-corrected chi connectivity index (χ1v) is 10.3. The van der Waals surface area contributed by atoms with Crippen LogP contribution in [-0.2, 0) is 25.5 Å². The highest BCUT2D eigenvalue weighted by atomic mass is 16.5. The van der Waals surface area contributed by atoms with E-state index in [9.17, 15) is 14.4 Å². The average molecular weight is 434 g/mol. The van der Waals surface area contributed by atoms with Gasteiger partial charge < -0.3 is 19.4 Å². The Bertz CT molecular complexity index is 1060. The van der Waals surface area contributed by atoms with Gasteiger partial charge in [-0.15, -0.1) is 0 Å². The molecule has 0 fully saturated rings. The van der Waals surface area contributed by atoms with Gasteiger partial charge in [-0.25, -0.2) is 0 Å². The van der Waals surface area contributed by atoms with E-state index < -0.39 is 18.5 Å². The molecular formula is C25H26N2O5. The third-order valence-electron chi connectivity index (χ3n) is 4.79. The van der Waals surface area contributed by atoms with Crippen molar-refractivity contribution in [2.45, 2.75) is 19.8 Å². The highest BCUT2D eigenvalue weighted by Gasteiger charge is 2.16. The maximum atomic E-state index is 12.2. The Morgan fingerprint density at radius 3 is 2.41 bits per heavy atom. The number of hydrogen-bond acceptors (Lipinski definition) is 5. The summed E-state index contributed by atoms with van der Waals surface area (Å²) in [5, 5.41) is 2.72. The van der Waals surface area contributed by atoms with Gasteiger partial charge in [-0.05, 0) is 31.2 Å². The molecule has 0 saturated heterocycles. The van der Waals surface area contributed by atoms with Crippen molar-refractivity contribution in [3.05, 3.63) is 78.1 Å². The van der Waals surface area contributed by atoms with E-state index in [0.29, 0.717) is 17.9 Å². The zero-order valence-corrected chi connectivity index (χ0v) is 18.2. The second kappa shape index (κ2) is 10.9. The van der Waals surface area contributed by atoms with Crippen LogP contribution in [0.4, 0.5) is 5.69 Å². The minimum absolute atomic E-state index is 0.0899. The molecule has 0 unspecified atom stereocenters. The first kappa shape index (κ1) is 22.8. The lowest BCUT2D eigenvalue weighted by Gasteiger charge is -2.16. The molecule has 0 spiro atoms. The van der Waals surface area contributed by atoms with Crippen LogP contribution in [0, 0.1) is 6.92 Å². The summed E-state index contributed by atoms with van der Waals surface area (Å²) in [6.07, 6.45) is 0.460. The maximum Gasteiger partial charge on any atom is 0.306 e.